The summed E-state index contributed by atoms with van der Waals surface area (Å²) in [6.07, 6.45) is 1.38. The number of rotatable bonds is 3. The summed E-state index contributed by atoms with van der Waals surface area (Å²) in [6.45, 7) is 5.40. The monoisotopic (exact) mass is 439 g/mol. The van der Waals surface area contributed by atoms with E-state index in [-0.39, 0.29) is 22.4 Å². The van der Waals surface area contributed by atoms with Crippen LogP contribution in [0.1, 0.15) is 44.7 Å². The molecule has 2 saturated heterocycles. The molecule has 0 saturated carbocycles. The fourth-order valence-electron chi connectivity index (χ4n) is 4.34. The first-order valence-corrected chi connectivity index (χ1v) is 11.4. The Morgan fingerprint density at radius 2 is 1.61 bits per heavy atom. The van der Waals surface area contributed by atoms with Gasteiger partial charge >= 0.3 is 0 Å². The summed E-state index contributed by atoms with van der Waals surface area (Å²) in [6, 6.07) is 12.3. The molecule has 2 aromatic carbocycles. The first-order chi connectivity index (χ1) is 14.8. The highest BCUT2D eigenvalue weighted by atomic mass is 32.2. The van der Waals surface area contributed by atoms with E-state index in [1.165, 1.54) is 6.07 Å². The number of amides is 2. The van der Waals surface area contributed by atoms with Crippen molar-refractivity contribution in [2.75, 3.05) is 25.4 Å². The Kier molecular flexibility index (Phi) is 5.75. The third-order valence-electron chi connectivity index (χ3n) is 6.21. The molecule has 2 aromatic rings. The number of hydrogen-bond acceptors (Lipinski definition) is 5. The highest BCUT2D eigenvalue weighted by molar-refractivity contribution is 8.00. The Balaban J connectivity index is 1.47. The van der Waals surface area contributed by atoms with E-state index in [2.05, 4.69) is 0 Å². The molecular weight excluding hydrogens is 414 g/mol. The maximum atomic E-state index is 13.2. The number of carbonyl (C=O) groups excluding carboxylic acids is 2. The van der Waals surface area contributed by atoms with E-state index in [0.29, 0.717) is 49.2 Å². The average Bonchev–Trinajstić information content (AvgIpc) is 3.17. The van der Waals surface area contributed by atoms with E-state index in [9.17, 15) is 19.7 Å². The highest BCUT2D eigenvalue weighted by Crippen LogP contribution is 2.44. The van der Waals surface area contributed by atoms with Crippen LogP contribution >= 0.6 is 11.8 Å². The van der Waals surface area contributed by atoms with Gasteiger partial charge < -0.3 is 9.80 Å². The number of benzene rings is 2. The van der Waals surface area contributed by atoms with Crippen molar-refractivity contribution in [3.05, 3.63) is 74.8 Å². The summed E-state index contributed by atoms with van der Waals surface area (Å²) in [5.41, 5.74) is 2.63. The van der Waals surface area contributed by atoms with E-state index in [0.717, 1.165) is 11.3 Å². The summed E-state index contributed by atoms with van der Waals surface area (Å²) in [5, 5.41) is 11.2. The molecule has 0 atom stereocenters. The van der Waals surface area contributed by atoms with Crippen molar-refractivity contribution in [2.45, 2.75) is 31.6 Å². The zero-order chi connectivity index (χ0) is 22.2. The third-order valence-corrected chi connectivity index (χ3v) is 7.76. The van der Waals surface area contributed by atoms with Crippen LogP contribution in [-0.2, 0) is 0 Å². The molecule has 2 aliphatic rings. The molecule has 162 valence electrons. The lowest BCUT2D eigenvalue weighted by Gasteiger charge is -2.44. The molecule has 2 heterocycles. The van der Waals surface area contributed by atoms with Crippen molar-refractivity contribution >= 4 is 29.3 Å². The number of thioether (sulfide) groups is 1. The molecule has 8 heteroatoms. The molecule has 0 unspecified atom stereocenters. The SMILES string of the molecule is Cc1ccc(C(=O)N2CCSC23CCN(C(=O)c2ccc(C)c([N+](=O)[O-])c2)CC3)cc1. The molecule has 0 radical (unpaired) electrons. The Labute approximate surface area is 185 Å². The van der Waals surface area contributed by atoms with Crippen molar-refractivity contribution in [3.8, 4) is 0 Å². The van der Waals surface area contributed by atoms with Gasteiger partial charge in [-0.15, -0.1) is 11.8 Å². The molecule has 2 aliphatic heterocycles. The summed E-state index contributed by atoms with van der Waals surface area (Å²) >= 11 is 1.80. The van der Waals surface area contributed by atoms with Gasteiger partial charge in [-0.2, -0.15) is 0 Å². The van der Waals surface area contributed by atoms with Gasteiger partial charge in [0.15, 0.2) is 0 Å². The van der Waals surface area contributed by atoms with Gasteiger partial charge in [-0.3, -0.25) is 19.7 Å². The second kappa shape index (κ2) is 8.34. The minimum absolute atomic E-state index is 0.0407. The van der Waals surface area contributed by atoms with Crippen molar-refractivity contribution < 1.29 is 14.5 Å². The van der Waals surface area contributed by atoms with Crippen LogP contribution in [0.25, 0.3) is 0 Å². The van der Waals surface area contributed by atoms with Crippen LogP contribution < -0.4 is 0 Å². The second-order valence-electron chi connectivity index (χ2n) is 8.17. The van der Waals surface area contributed by atoms with Crippen molar-refractivity contribution in [1.82, 2.24) is 9.80 Å². The van der Waals surface area contributed by atoms with Crippen molar-refractivity contribution in [2.24, 2.45) is 0 Å². The van der Waals surface area contributed by atoms with Crippen LogP contribution in [0.4, 0.5) is 5.69 Å². The maximum absolute atomic E-state index is 13.2. The maximum Gasteiger partial charge on any atom is 0.273 e. The standard InChI is InChI=1S/C23H25N3O4S/c1-16-3-6-18(7-4-16)22(28)25-13-14-31-23(25)9-11-24(12-10-23)21(27)19-8-5-17(2)20(15-19)26(29)30/h3-8,15H,9-14H2,1-2H3. The molecule has 4 rings (SSSR count). The van der Waals surface area contributed by atoms with E-state index in [4.69, 9.17) is 0 Å². The average molecular weight is 440 g/mol. The van der Waals surface area contributed by atoms with E-state index < -0.39 is 4.92 Å². The Hall–Kier alpha value is -2.87. The van der Waals surface area contributed by atoms with Gasteiger partial charge in [-0.1, -0.05) is 23.8 Å². The highest BCUT2D eigenvalue weighted by Gasteiger charge is 2.47. The zero-order valence-electron chi connectivity index (χ0n) is 17.7. The summed E-state index contributed by atoms with van der Waals surface area (Å²) in [4.78, 5) is 40.3. The van der Waals surface area contributed by atoms with Crippen LogP contribution in [0.2, 0.25) is 0 Å². The van der Waals surface area contributed by atoms with Gasteiger partial charge in [-0.25, -0.2) is 0 Å². The number of hydrogen-bond donors (Lipinski definition) is 0. The fourth-order valence-corrected chi connectivity index (χ4v) is 5.80. The first-order valence-electron chi connectivity index (χ1n) is 10.4. The Bertz CT molecular complexity index is 1030. The molecule has 1 spiro atoms. The number of nitro benzene ring substituents is 1. The minimum Gasteiger partial charge on any atom is -0.338 e. The number of carbonyl (C=O) groups is 2. The number of likely N-dealkylation sites (tertiary alicyclic amines) is 1. The predicted octanol–water partition coefficient (Wildman–Crippen LogP) is 4.03. The quantitative estimate of drug-likeness (QED) is 0.533. The van der Waals surface area contributed by atoms with Gasteiger partial charge in [-0.05, 0) is 44.9 Å². The van der Waals surface area contributed by atoms with E-state index in [1.807, 2.05) is 36.1 Å². The summed E-state index contributed by atoms with van der Waals surface area (Å²) < 4.78 is 0. The molecule has 2 fully saturated rings. The molecule has 0 aromatic heterocycles. The first kappa shape index (κ1) is 21.4. The third kappa shape index (κ3) is 4.04. The lowest BCUT2D eigenvalue weighted by molar-refractivity contribution is -0.385. The molecule has 7 nitrogen and oxygen atoms in total. The van der Waals surface area contributed by atoms with Crippen LogP contribution in [0.5, 0.6) is 0 Å². The second-order valence-corrected chi connectivity index (χ2v) is 9.62. The summed E-state index contributed by atoms with van der Waals surface area (Å²) in [7, 11) is 0. The van der Waals surface area contributed by atoms with Crippen molar-refractivity contribution in [1.29, 1.82) is 0 Å². The molecule has 0 bridgehead atoms. The van der Waals surface area contributed by atoms with E-state index in [1.54, 1.807) is 35.7 Å². The number of aryl methyl sites for hydroxylation is 2. The van der Waals surface area contributed by atoms with Gasteiger partial charge in [0.2, 0.25) is 0 Å². The van der Waals surface area contributed by atoms with Crippen LogP contribution in [0.3, 0.4) is 0 Å². The topological polar surface area (TPSA) is 83.8 Å². The smallest absolute Gasteiger partial charge is 0.273 e. The van der Waals surface area contributed by atoms with E-state index >= 15 is 0 Å². The number of piperidine rings is 1. The fraction of sp³-hybridized carbons (Fsp3) is 0.391. The molecule has 31 heavy (non-hydrogen) atoms. The van der Waals surface area contributed by atoms with Crippen molar-refractivity contribution in [3.63, 3.8) is 0 Å². The lowest BCUT2D eigenvalue weighted by Crippen LogP contribution is -2.53. The largest absolute Gasteiger partial charge is 0.338 e. The van der Waals surface area contributed by atoms with Gasteiger partial charge in [0, 0.05) is 48.1 Å². The minimum atomic E-state index is -0.457. The lowest BCUT2D eigenvalue weighted by atomic mass is 9.99. The predicted molar refractivity (Wildman–Crippen MR) is 120 cm³/mol. The normalized spacial score (nSPS) is 17.7. The Morgan fingerprint density at radius 1 is 0.968 bits per heavy atom. The van der Waals surface area contributed by atoms with Crippen LogP contribution in [-0.4, -0.2) is 56.8 Å². The molecule has 0 N–H and O–H groups in total. The van der Waals surface area contributed by atoms with Crippen LogP contribution in [0.15, 0.2) is 42.5 Å². The zero-order valence-corrected chi connectivity index (χ0v) is 18.5. The molecule has 0 aliphatic carbocycles. The van der Waals surface area contributed by atoms with Crippen LogP contribution in [0, 0.1) is 24.0 Å². The van der Waals surface area contributed by atoms with Gasteiger partial charge in [0.1, 0.15) is 0 Å². The number of nitro groups is 1. The van der Waals surface area contributed by atoms with Gasteiger partial charge in [0.25, 0.3) is 17.5 Å². The molecular formula is C23H25N3O4S. The molecule has 2 amide bonds. The number of nitrogens with zero attached hydrogens (tertiary/aromatic N) is 3. The Morgan fingerprint density at radius 3 is 2.26 bits per heavy atom. The van der Waals surface area contributed by atoms with Gasteiger partial charge in [0.05, 0.1) is 9.79 Å². The summed E-state index contributed by atoms with van der Waals surface area (Å²) in [5.74, 6) is 0.728.